The molecule has 0 unspecified atom stereocenters. The highest BCUT2D eigenvalue weighted by Gasteiger charge is 2.35. The maximum absolute atomic E-state index is 3.47. The molecule has 1 aliphatic carbocycles. The van der Waals surface area contributed by atoms with Crippen molar-refractivity contribution in [3.63, 3.8) is 0 Å². The summed E-state index contributed by atoms with van der Waals surface area (Å²) in [5.41, 5.74) is 3.42. The Hall–Kier alpha value is -0.860. The lowest BCUT2D eigenvalue weighted by Gasteiger charge is -2.43. The van der Waals surface area contributed by atoms with Gasteiger partial charge in [-0.3, -0.25) is 4.90 Å². The molecule has 2 fully saturated rings. The summed E-state index contributed by atoms with van der Waals surface area (Å²) in [6.45, 7) is 8.23. The minimum Gasteiger partial charge on any atom is -0.314 e. The molecule has 0 spiro atoms. The van der Waals surface area contributed by atoms with Crippen LogP contribution in [0.1, 0.15) is 43.2 Å². The van der Waals surface area contributed by atoms with E-state index in [-0.39, 0.29) is 0 Å². The van der Waals surface area contributed by atoms with Crippen molar-refractivity contribution in [3.8, 4) is 0 Å². The van der Waals surface area contributed by atoms with E-state index >= 15 is 0 Å². The molecule has 0 aromatic heterocycles. The Labute approximate surface area is 123 Å². The molecule has 2 aliphatic rings. The zero-order valence-electron chi connectivity index (χ0n) is 12.8. The fourth-order valence-electron chi connectivity index (χ4n) is 4.04. The second-order valence-electron chi connectivity index (χ2n) is 6.74. The summed E-state index contributed by atoms with van der Waals surface area (Å²) in [5, 5.41) is 3.47. The molecule has 1 saturated heterocycles. The van der Waals surface area contributed by atoms with Crippen LogP contribution in [0.25, 0.3) is 0 Å². The predicted octanol–water partition coefficient (Wildman–Crippen LogP) is 3.10. The molecule has 2 heteroatoms. The SMILES string of the molecule is Cc1cccc(C2(CN3CCNCC3)CCCCC2)c1. The van der Waals surface area contributed by atoms with Crippen LogP contribution < -0.4 is 5.32 Å². The number of rotatable bonds is 3. The molecule has 20 heavy (non-hydrogen) atoms. The van der Waals surface area contributed by atoms with Crippen molar-refractivity contribution in [2.75, 3.05) is 32.7 Å². The van der Waals surface area contributed by atoms with Crippen molar-refractivity contribution in [3.05, 3.63) is 35.4 Å². The van der Waals surface area contributed by atoms with E-state index in [0.717, 1.165) is 13.1 Å². The Balaban J connectivity index is 1.83. The van der Waals surface area contributed by atoms with E-state index in [4.69, 9.17) is 0 Å². The summed E-state index contributed by atoms with van der Waals surface area (Å²) in [4.78, 5) is 2.68. The molecule has 0 atom stereocenters. The van der Waals surface area contributed by atoms with Crippen LogP contribution >= 0.6 is 0 Å². The molecular formula is C18H28N2. The Bertz CT molecular complexity index is 429. The molecular weight excluding hydrogens is 244 g/mol. The van der Waals surface area contributed by atoms with Gasteiger partial charge in [0, 0.05) is 38.1 Å². The average molecular weight is 272 g/mol. The van der Waals surface area contributed by atoms with Gasteiger partial charge in [-0.15, -0.1) is 0 Å². The second kappa shape index (κ2) is 6.28. The highest BCUT2D eigenvalue weighted by molar-refractivity contribution is 5.30. The molecule has 110 valence electrons. The van der Waals surface area contributed by atoms with Gasteiger partial charge in [0.15, 0.2) is 0 Å². The molecule has 1 N–H and O–H groups in total. The minimum atomic E-state index is 0.418. The summed E-state index contributed by atoms with van der Waals surface area (Å²) in [6, 6.07) is 9.29. The van der Waals surface area contributed by atoms with Gasteiger partial charge < -0.3 is 5.32 Å². The first-order valence-electron chi connectivity index (χ1n) is 8.29. The molecule has 0 radical (unpaired) electrons. The second-order valence-corrected chi connectivity index (χ2v) is 6.74. The molecule has 0 bridgehead atoms. The maximum Gasteiger partial charge on any atom is 0.0108 e. The van der Waals surface area contributed by atoms with E-state index in [2.05, 4.69) is 41.4 Å². The first kappa shape index (κ1) is 14.1. The third kappa shape index (κ3) is 3.07. The third-order valence-electron chi connectivity index (χ3n) is 5.18. The molecule has 1 aliphatic heterocycles. The Kier molecular flexibility index (Phi) is 4.42. The fraction of sp³-hybridized carbons (Fsp3) is 0.667. The summed E-state index contributed by atoms with van der Waals surface area (Å²) in [7, 11) is 0. The zero-order valence-corrected chi connectivity index (χ0v) is 12.8. The van der Waals surface area contributed by atoms with E-state index in [1.807, 2.05) is 0 Å². The first-order chi connectivity index (χ1) is 9.78. The van der Waals surface area contributed by atoms with Crippen LogP contribution in [0.15, 0.2) is 24.3 Å². The number of benzene rings is 1. The highest BCUT2D eigenvalue weighted by Crippen LogP contribution is 2.40. The first-order valence-corrected chi connectivity index (χ1v) is 8.29. The molecule has 0 amide bonds. The van der Waals surface area contributed by atoms with Crippen molar-refractivity contribution < 1.29 is 0 Å². The van der Waals surface area contributed by atoms with Crippen molar-refractivity contribution in [2.24, 2.45) is 0 Å². The van der Waals surface area contributed by atoms with Crippen molar-refractivity contribution >= 4 is 0 Å². The van der Waals surface area contributed by atoms with Crippen LogP contribution in [0.4, 0.5) is 0 Å². The quantitative estimate of drug-likeness (QED) is 0.909. The largest absolute Gasteiger partial charge is 0.314 e. The van der Waals surface area contributed by atoms with Gasteiger partial charge in [0.1, 0.15) is 0 Å². The van der Waals surface area contributed by atoms with Crippen LogP contribution in [0.5, 0.6) is 0 Å². The number of hydrogen-bond acceptors (Lipinski definition) is 2. The van der Waals surface area contributed by atoms with Crippen molar-refractivity contribution in [2.45, 2.75) is 44.4 Å². The summed E-state index contributed by atoms with van der Waals surface area (Å²) >= 11 is 0. The lowest BCUT2D eigenvalue weighted by Crippen LogP contribution is -2.50. The van der Waals surface area contributed by atoms with Crippen LogP contribution in [0, 0.1) is 6.92 Å². The van der Waals surface area contributed by atoms with Gasteiger partial charge in [0.25, 0.3) is 0 Å². The number of nitrogens with zero attached hydrogens (tertiary/aromatic N) is 1. The summed E-state index contributed by atoms with van der Waals surface area (Å²) in [6.07, 6.45) is 6.98. The average Bonchev–Trinajstić information content (AvgIpc) is 2.49. The molecule has 1 aromatic rings. The van der Waals surface area contributed by atoms with Gasteiger partial charge in [-0.1, -0.05) is 49.1 Å². The number of piperazine rings is 1. The van der Waals surface area contributed by atoms with Gasteiger partial charge in [-0.2, -0.15) is 0 Å². The predicted molar refractivity (Wildman–Crippen MR) is 85.3 cm³/mol. The highest BCUT2D eigenvalue weighted by atomic mass is 15.2. The molecule has 3 rings (SSSR count). The van der Waals surface area contributed by atoms with E-state index in [9.17, 15) is 0 Å². The number of aryl methyl sites for hydroxylation is 1. The van der Waals surface area contributed by atoms with Crippen LogP contribution in [-0.2, 0) is 5.41 Å². The third-order valence-corrected chi connectivity index (χ3v) is 5.18. The van der Waals surface area contributed by atoms with Crippen molar-refractivity contribution in [1.82, 2.24) is 10.2 Å². The van der Waals surface area contributed by atoms with Crippen LogP contribution in [0.3, 0.4) is 0 Å². The smallest absolute Gasteiger partial charge is 0.0108 e. The van der Waals surface area contributed by atoms with Gasteiger partial charge in [-0.05, 0) is 25.3 Å². The van der Waals surface area contributed by atoms with Gasteiger partial charge >= 0.3 is 0 Å². The lowest BCUT2D eigenvalue weighted by atomic mass is 9.68. The van der Waals surface area contributed by atoms with Crippen LogP contribution in [-0.4, -0.2) is 37.6 Å². The normalized spacial score (nSPS) is 23.6. The Morgan fingerprint density at radius 3 is 2.55 bits per heavy atom. The Morgan fingerprint density at radius 2 is 1.85 bits per heavy atom. The monoisotopic (exact) mass is 272 g/mol. The van der Waals surface area contributed by atoms with Gasteiger partial charge in [0.2, 0.25) is 0 Å². The minimum absolute atomic E-state index is 0.418. The number of nitrogens with one attached hydrogen (secondary N) is 1. The standard InChI is InChI=1S/C18H28N2/c1-16-6-5-7-17(14-16)18(8-3-2-4-9-18)15-20-12-10-19-11-13-20/h5-7,14,19H,2-4,8-13,15H2,1H3. The van der Waals surface area contributed by atoms with E-state index < -0.39 is 0 Å². The topological polar surface area (TPSA) is 15.3 Å². The lowest BCUT2D eigenvalue weighted by molar-refractivity contribution is 0.154. The maximum atomic E-state index is 3.47. The molecule has 2 nitrogen and oxygen atoms in total. The van der Waals surface area contributed by atoms with E-state index in [0.29, 0.717) is 5.41 Å². The number of hydrogen-bond donors (Lipinski definition) is 1. The summed E-state index contributed by atoms with van der Waals surface area (Å²) < 4.78 is 0. The molecule has 1 heterocycles. The fourth-order valence-corrected chi connectivity index (χ4v) is 4.04. The zero-order chi connectivity index (χ0) is 13.8. The Morgan fingerprint density at radius 1 is 1.10 bits per heavy atom. The molecule has 1 aromatic carbocycles. The van der Waals surface area contributed by atoms with E-state index in [1.54, 1.807) is 5.56 Å². The van der Waals surface area contributed by atoms with Crippen LogP contribution in [0.2, 0.25) is 0 Å². The molecule has 1 saturated carbocycles. The van der Waals surface area contributed by atoms with Crippen molar-refractivity contribution in [1.29, 1.82) is 0 Å². The van der Waals surface area contributed by atoms with E-state index in [1.165, 1.54) is 57.3 Å². The summed E-state index contributed by atoms with van der Waals surface area (Å²) in [5.74, 6) is 0. The van der Waals surface area contributed by atoms with Gasteiger partial charge in [-0.25, -0.2) is 0 Å². The van der Waals surface area contributed by atoms with Gasteiger partial charge in [0.05, 0.1) is 0 Å².